The zero-order valence-electron chi connectivity index (χ0n) is 15.7. The molecule has 1 heterocycles. The minimum Gasteiger partial charge on any atom is -0.496 e. The summed E-state index contributed by atoms with van der Waals surface area (Å²) in [6.45, 7) is 4.62. The van der Waals surface area contributed by atoms with Crippen LogP contribution in [0.1, 0.15) is 30.7 Å². The number of hydrogen-bond acceptors (Lipinski definition) is 4. The number of nitrogens with zero attached hydrogens (tertiary/aromatic N) is 1. The summed E-state index contributed by atoms with van der Waals surface area (Å²) in [5.74, 6) is 0.822. The van der Waals surface area contributed by atoms with Crippen LogP contribution in [0.15, 0.2) is 42.9 Å². The van der Waals surface area contributed by atoms with Crippen molar-refractivity contribution >= 4 is 10.8 Å². The van der Waals surface area contributed by atoms with Crippen molar-refractivity contribution in [2.24, 2.45) is 5.92 Å². The molecule has 3 aromatic rings. The van der Waals surface area contributed by atoms with Crippen LogP contribution in [0.5, 0.6) is 5.75 Å². The molecule has 138 valence electrons. The van der Waals surface area contributed by atoms with Gasteiger partial charge in [0.25, 0.3) is 0 Å². The second-order valence-electron chi connectivity index (χ2n) is 6.80. The molecule has 0 fully saturated rings. The molecular formula is C21H26N2O3. The van der Waals surface area contributed by atoms with Gasteiger partial charge in [-0.05, 0) is 34.4 Å². The first-order chi connectivity index (χ1) is 12.5. The van der Waals surface area contributed by atoms with E-state index in [4.69, 9.17) is 9.47 Å². The quantitative estimate of drug-likeness (QED) is 0.680. The van der Waals surface area contributed by atoms with Gasteiger partial charge in [0, 0.05) is 25.3 Å². The number of fused-ring (bicyclic) bond motifs is 1. The number of nitrogens with one attached hydrogen (secondary N) is 1. The van der Waals surface area contributed by atoms with Crippen molar-refractivity contribution in [3.63, 3.8) is 0 Å². The summed E-state index contributed by atoms with van der Waals surface area (Å²) in [5, 5.41) is 13.6. The van der Waals surface area contributed by atoms with Crippen LogP contribution in [-0.4, -0.2) is 35.9 Å². The van der Waals surface area contributed by atoms with Crippen molar-refractivity contribution in [1.82, 2.24) is 9.97 Å². The maximum absolute atomic E-state index is 11.5. The zero-order valence-corrected chi connectivity index (χ0v) is 15.7. The Bertz CT molecular complexity index is 874. The molecule has 5 heteroatoms. The number of aromatic amines is 1. The van der Waals surface area contributed by atoms with E-state index in [1.807, 2.05) is 38.1 Å². The molecule has 0 spiro atoms. The molecule has 2 N–H and O–H groups in total. The predicted molar refractivity (Wildman–Crippen MR) is 103 cm³/mol. The zero-order chi connectivity index (χ0) is 18.7. The van der Waals surface area contributed by atoms with E-state index in [0.29, 0.717) is 12.3 Å². The topological polar surface area (TPSA) is 67.4 Å². The van der Waals surface area contributed by atoms with E-state index >= 15 is 0 Å². The van der Waals surface area contributed by atoms with Crippen LogP contribution >= 0.6 is 0 Å². The Morgan fingerprint density at radius 2 is 2.00 bits per heavy atom. The number of H-pyrrole nitrogens is 1. The molecule has 0 aliphatic heterocycles. The lowest BCUT2D eigenvalue weighted by Gasteiger charge is -2.31. The number of imidazole rings is 1. The molecule has 1 atom stereocenters. The summed E-state index contributed by atoms with van der Waals surface area (Å²) in [6.07, 6.45) is 4.11. The average Bonchev–Trinajstić information content (AvgIpc) is 3.19. The Labute approximate surface area is 154 Å². The van der Waals surface area contributed by atoms with Crippen LogP contribution in [0.2, 0.25) is 0 Å². The largest absolute Gasteiger partial charge is 0.496 e. The van der Waals surface area contributed by atoms with Gasteiger partial charge in [0.15, 0.2) is 0 Å². The SMILES string of the molecule is COCCc1c(OC)ccc2cc(C(O)(c3c[nH]cn3)C(C)C)ccc12. The smallest absolute Gasteiger partial charge is 0.135 e. The highest BCUT2D eigenvalue weighted by molar-refractivity contribution is 5.88. The summed E-state index contributed by atoms with van der Waals surface area (Å²) in [6, 6.07) is 10.1. The molecule has 1 aromatic heterocycles. The maximum atomic E-state index is 11.5. The van der Waals surface area contributed by atoms with Crippen molar-refractivity contribution in [3.05, 3.63) is 59.7 Å². The molecule has 0 aliphatic rings. The minimum atomic E-state index is -1.15. The first-order valence-electron chi connectivity index (χ1n) is 8.83. The third-order valence-electron chi connectivity index (χ3n) is 5.03. The van der Waals surface area contributed by atoms with Gasteiger partial charge in [-0.15, -0.1) is 0 Å². The van der Waals surface area contributed by atoms with Crippen LogP contribution in [0.25, 0.3) is 10.8 Å². The fourth-order valence-electron chi connectivity index (χ4n) is 3.51. The molecule has 1 unspecified atom stereocenters. The lowest BCUT2D eigenvalue weighted by Crippen LogP contribution is -2.33. The van der Waals surface area contributed by atoms with Gasteiger partial charge in [0.05, 0.1) is 25.7 Å². The standard InChI is InChI=1S/C21H26N2O3/c1-14(2)21(24,20-12-22-13-23-20)16-6-7-17-15(11-16)5-8-19(26-4)18(17)9-10-25-3/h5-8,11-14,24H,9-10H2,1-4H3,(H,22,23). The Morgan fingerprint density at radius 3 is 2.62 bits per heavy atom. The van der Waals surface area contributed by atoms with Gasteiger partial charge in [0.2, 0.25) is 0 Å². The van der Waals surface area contributed by atoms with Crippen LogP contribution in [-0.2, 0) is 16.8 Å². The van der Waals surface area contributed by atoms with E-state index in [-0.39, 0.29) is 5.92 Å². The van der Waals surface area contributed by atoms with Crippen LogP contribution in [0.3, 0.4) is 0 Å². The fraction of sp³-hybridized carbons (Fsp3) is 0.381. The number of methoxy groups -OCH3 is 2. The van der Waals surface area contributed by atoms with Crippen molar-refractivity contribution in [2.45, 2.75) is 25.9 Å². The number of aliphatic hydroxyl groups is 1. The van der Waals surface area contributed by atoms with Gasteiger partial charge >= 0.3 is 0 Å². The summed E-state index contributed by atoms with van der Waals surface area (Å²) in [5.41, 5.74) is 1.42. The number of hydrogen-bond donors (Lipinski definition) is 2. The van der Waals surface area contributed by atoms with Gasteiger partial charge in [-0.3, -0.25) is 0 Å². The molecule has 26 heavy (non-hydrogen) atoms. The van der Waals surface area contributed by atoms with E-state index in [1.54, 1.807) is 26.7 Å². The average molecular weight is 354 g/mol. The normalized spacial score (nSPS) is 13.9. The lowest BCUT2D eigenvalue weighted by atomic mass is 9.80. The number of rotatable bonds is 7. The Kier molecular flexibility index (Phi) is 5.30. The van der Waals surface area contributed by atoms with Crippen LogP contribution in [0, 0.1) is 5.92 Å². The summed E-state index contributed by atoms with van der Waals surface area (Å²) < 4.78 is 10.8. The van der Waals surface area contributed by atoms with Gasteiger partial charge in [-0.1, -0.05) is 32.0 Å². The monoisotopic (exact) mass is 354 g/mol. The Balaban J connectivity index is 2.15. The first kappa shape index (κ1) is 18.4. The van der Waals surface area contributed by atoms with Gasteiger partial charge in [0.1, 0.15) is 11.4 Å². The number of ether oxygens (including phenoxy) is 2. The highest BCUT2D eigenvalue weighted by atomic mass is 16.5. The molecule has 0 bridgehead atoms. The summed E-state index contributed by atoms with van der Waals surface area (Å²) in [4.78, 5) is 7.25. The Morgan fingerprint density at radius 1 is 1.19 bits per heavy atom. The van der Waals surface area contributed by atoms with Crippen LogP contribution in [0.4, 0.5) is 0 Å². The summed E-state index contributed by atoms with van der Waals surface area (Å²) in [7, 11) is 3.38. The highest BCUT2D eigenvalue weighted by Gasteiger charge is 2.37. The third kappa shape index (κ3) is 3.08. The molecule has 0 saturated carbocycles. The molecule has 0 saturated heterocycles. The number of aromatic nitrogens is 2. The first-order valence-corrected chi connectivity index (χ1v) is 8.83. The summed E-state index contributed by atoms with van der Waals surface area (Å²) >= 11 is 0. The van der Waals surface area contributed by atoms with E-state index < -0.39 is 5.60 Å². The van der Waals surface area contributed by atoms with Crippen molar-refractivity contribution in [3.8, 4) is 5.75 Å². The molecule has 0 radical (unpaired) electrons. The molecule has 5 nitrogen and oxygen atoms in total. The van der Waals surface area contributed by atoms with E-state index in [0.717, 1.165) is 34.1 Å². The molecule has 3 rings (SSSR count). The van der Waals surface area contributed by atoms with Crippen molar-refractivity contribution < 1.29 is 14.6 Å². The highest BCUT2D eigenvalue weighted by Crippen LogP contribution is 2.38. The molecule has 0 aliphatic carbocycles. The van der Waals surface area contributed by atoms with Crippen molar-refractivity contribution in [2.75, 3.05) is 20.8 Å². The third-order valence-corrected chi connectivity index (χ3v) is 5.03. The van der Waals surface area contributed by atoms with E-state index in [9.17, 15) is 5.11 Å². The second-order valence-corrected chi connectivity index (χ2v) is 6.80. The van der Waals surface area contributed by atoms with Crippen LogP contribution < -0.4 is 4.74 Å². The molecular weight excluding hydrogens is 328 g/mol. The molecule has 2 aromatic carbocycles. The van der Waals surface area contributed by atoms with Crippen molar-refractivity contribution in [1.29, 1.82) is 0 Å². The predicted octanol–water partition coefficient (Wildman–Crippen LogP) is 3.65. The van der Waals surface area contributed by atoms with E-state index in [1.165, 1.54) is 0 Å². The Hall–Kier alpha value is -2.37. The molecule has 0 amide bonds. The van der Waals surface area contributed by atoms with Gasteiger partial charge in [-0.2, -0.15) is 0 Å². The lowest BCUT2D eigenvalue weighted by molar-refractivity contribution is 0.0281. The maximum Gasteiger partial charge on any atom is 0.135 e. The van der Waals surface area contributed by atoms with E-state index in [2.05, 4.69) is 16.0 Å². The minimum absolute atomic E-state index is 0.0329. The second kappa shape index (κ2) is 7.48. The fourth-order valence-corrected chi connectivity index (χ4v) is 3.51. The van der Waals surface area contributed by atoms with Gasteiger partial charge < -0.3 is 19.6 Å². The number of benzene rings is 2. The van der Waals surface area contributed by atoms with Gasteiger partial charge in [-0.25, -0.2) is 4.98 Å².